The van der Waals surface area contributed by atoms with Gasteiger partial charge in [-0.25, -0.2) is 9.59 Å². The van der Waals surface area contributed by atoms with Crippen molar-refractivity contribution < 1.29 is 23.7 Å². The van der Waals surface area contributed by atoms with E-state index in [1.54, 1.807) is 31.2 Å². The Labute approximate surface area is 139 Å². The maximum Gasteiger partial charge on any atom is 0.445 e. The maximum atomic E-state index is 12.4. The highest BCUT2D eigenvalue weighted by Crippen LogP contribution is 2.14. The van der Waals surface area contributed by atoms with Gasteiger partial charge in [-0.15, -0.1) is 0 Å². The molecule has 0 radical (unpaired) electrons. The number of ether oxygens (including phenoxy) is 1. The van der Waals surface area contributed by atoms with Gasteiger partial charge in [-0.1, -0.05) is 25.1 Å². The lowest BCUT2D eigenvalue weighted by molar-refractivity contribution is -0.401. The van der Waals surface area contributed by atoms with E-state index in [2.05, 4.69) is 4.99 Å². The first-order valence-corrected chi connectivity index (χ1v) is 7.39. The minimum atomic E-state index is -0.853. The van der Waals surface area contributed by atoms with E-state index in [0.717, 1.165) is 9.48 Å². The topological polar surface area (TPSA) is 105 Å². The molecule has 0 aromatic heterocycles. The van der Waals surface area contributed by atoms with Crippen molar-refractivity contribution in [3.05, 3.63) is 30.3 Å². The average Bonchev–Trinajstić information content (AvgIpc) is 2.60. The fourth-order valence-electron chi connectivity index (χ4n) is 2.10. The molecule has 0 fully saturated rings. The fraction of sp³-hybridized carbons (Fsp3) is 0.312. The van der Waals surface area contributed by atoms with Crippen LogP contribution < -0.4 is 10.5 Å². The highest BCUT2D eigenvalue weighted by atomic mass is 16.5. The smallest absolute Gasteiger partial charge is 0.445 e. The number of carbonyl (C=O) groups excluding carboxylic acids is 3. The number of benzene rings is 1. The molecule has 1 aliphatic heterocycles. The van der Waals surface area contributed by atoms with Crippen molar-refractivity contribution >= 4 is 29.4 Å². The predicted octanol–water partition coefficient (Wildman–Crippen LogP) is 0.403. The van der Waals surface area contributed by atoms with E-state index in [1.165, 1.54) is 14.1 Å². The van der Waals surface area contributed by atoms with Crippen molar-refractivity contribution in [1.82, 2.24) is 4.90 Å². The van der Waals surface area contributed by atoms with Crippen molar-refractivity contribution in [3.63, 3.8) is 0 Å². The van der Waals surface area contributed by atoms with E-state index >= 15 is 0 Å². The van der Waals surface area contributed by atoms with E-state index in [1.807, 2.05) is 6.07 Å². The van der Waals surface area contributed by atoms with Gasteiger partial charge in [-0.05, 0) is 18.6 Å². The number of para-hydroxylation sites is 1. The highest BCUT2D eigenvalue weighted by Gasteiger charge is 2.40. The molecule has 0 saturated heterocycles. The van der Waals surface area contributed by atoms with Crippen LogP contribution in [0.1, 0.15) is 13.3 Å². The number of urea groups is 1. The van der Waals surface area contributed by atoms with Crippen LogP contribution in [0.4, 0.5) is 4.79 Å². The molecule has 1 aliphatic rings. The molecule has 0 saturated carbocycles. The quantitative estimate of drug-likeness (QED) is 0.804. The van der Waals surface area contributed by atoms with E-state index in [-0.39, 0.29) is 11.5 Å². The predicted molar refractivity (Wildman–Crippen MR) is 87.1 cm³/mol. The summed E-state index contributed by atoms with van der Waals surface area (Å²) < 4.78 is 6.66. The second-order valence-corrected chi connectivity index (χ2v) is 5.22. The molecule has 1 heterocycles. The Bertz CT molecular complexity index is 740. The van der Waals surface area contributed by atoms with E-state index < -0.39 is 23.9 Å². The second-order valence-electron chi connectivity index (χ2n) is 5.22. The van der Waals surface area contributed by atoms with Gasteiger partial charge in [0.25, 0.3) is 11.7 Å². The molecule has 8 heteroatoms. The summed E-state index contributed by atoms with van der Waals surface area (Å²) in [7, 11) is 2.70. The average molecular weight is 331 g/mol. The number of aliphatic imine (C=N–C) groups is 1. The van der Waals surface area contributed by atoms with Crippen molar-refractivity contribution in [1.29, 1.82) is 0 Å². The lowest BCUT2D eigenvalue weighted by Gasteiger charge is -2.19. The van der Waals surface area contributed by atoms with Crippen molar-refractivity contribution in [2.24, 2.45) is 10.7 Å². The van der Waals surface area contributed by atoms with Gasteiger partial charge in [-0.3, -0.25) is 4.79 Å². The van der Waals surface area contributed by atoms with Crippen molar-refractivity contribution in [3.8, 4) is 5.75 Å². The molecule has 1 atom stereocenters. The van der Waals surface area contributed by atoms with E-state index in [9.17, 15) is 14.4 Å². The van der Waals surface area contributed by atoms with Crippen LogP contribution in [-0.4, -0.2) is 59.1 Å². The summed E-state index contributed by atoms with van der Waals surface area (Å²) in [6.07, 6.45) is -0.489. The van der Waals surface area contributed by atoms with Crippen LogP contribution >= 0.6 is 0 Å². The normalized spacial score (nSPS) is 18.1. The third-order valence-electron chi connectivity index (χ3n) is 3.57. The molecule has 24 heavy (non-hydrogen) atoms. The number of rotatable bonds is 4. The molecular formula is C16H19N4O4+. The van der Waals surface area contributed by atoms with Gasteiger partial charge < -0.3 is 10.5 Å². The molecule has 2 rings (SSSR count). The van der Waals surface area contributed by atoms with Crippen LogP contribution in [0, 0.1) is 0 Å². The summed E-state index contributed by atoms with van der Waals surface area (Å²) >= 11 is 0. The molecule has 1 aromatic rings. The zero-order valence-electron chi connectivity index (χ0n) is 13.7. The molecular weight excluding hydrogens is 312 g/mol. The monoisotopic (exact) mass is 331 g/mol. The van der Waals surface area contributed by atoms with Crippen molar-refractivity contribution in [2.45, 2.75) is 19.4 Å². The summed E-state index contributed by atoms with van der Waals surface area (Å²) in [5, 5.41) is 0. The largest absolute Gasteiger partial charge is 0.481 e. The van der Waals surface area contributed by atoms with Crippen LogP contribution in [0.3, 0.4) is 0 Å². The first-order valence-electron chi connectivity index (χ1n) is 7.39. The Morgan fingerprint density at radius 1 is 1.33 bits per heavy atom. The SMILES string of the molecule is CCC(Oc1ccccc1)C(=O)N=C1C(=O)N(C)C(=O)[N+](C)=C1N. The Morgan fingerprint density at radius 2 is 1.96 bits per heavy atom. The van der Waals surface area contributed by atoms with Crippen LogP contribution in [0.25, 0.3) is 0 Å². The first kappa shape index (κ1) is 17.3. The molecule has 0 aliphatic carbocycles. The van der Waals surface area contributed by atoms with Gasteiger partial charge >= 0.3 is 11.9 Å². The third-order valence-corrected chi connectivity index (χ3v) is 3.57. The summed E-state index contributed by atoms with van der Waals surface area (Å²) in [5.74, 6) is -0.998. The maximum absolute atomic E-state index is 12.4. The summed E-state index contributed by atoms with van der Waals surface area (Å²) in [5.41, 5.74) is 5.49. The number of amidine groups is 1. The van der Waals surface area contributed by atoms with Crippen LogP contribution in [-0.2, 0) is 9.59 Å². The fourth-order valence-corrected chi connectivity index (χ4v) is 2.10. The molecule has 126 valence electrons. The summed E-state index contributed by atoms with van der Waals surface area (Å²) in [6.45, 7) is 1.77. The van der Waals surface area contributed by atoms with Gasteiger partial charge in [0.1, 0.15) is 5.75 Å². The number of carbonyl (C=O) groups is 3. The zero-order valence-corrected chi connectivity index (χ0v) is 13.7. The number of nitrogens with zero attached hydrogens (tertiary/aromatic N) is 3. The lowest BCUT2D eigenvalue weighted by Crippen LogP contribution is -2.55. The molecule has 0 spiro atoms. The van der Waals surface area contributed by atoms with Crippen molar-refractivity contribution in [2.75, 3.05) is 14.1 Å². The third kappa shape index (κ3) is 3.32. The van der Waals surface area contributed by atoms with Crippen LogP contribution in [0.5, 0.6) is 5.75 Å². The van der Waals surface area contributed by atoms with E-state index in [0.29, 0.717) is 12.2 Å². The Morgan fingerprint density at radius 3 is 2.54 bits per heavy atom. The number of nitrogens with two attached hydrogens (primary N) is 1. The lowest BCUT2D eigenvalue weighted by atomic mass is 10.2. The minimum Gasteiger partial charge on any atom is -0.481 e. The van der Waals surface area contributed by atoms with Gasteiger partial charge in [0.15, 0.2) is 6.10 Å². The molecule has 1 unspecified atom stereocenters. The van der Waals surface area contributed by atoms with E-state index in [4.69, 9.17) is 10.5 Å². The summed E-state index contributed by atoms with van der Waals surface area (Å²) in [6, 6.07) is 8.24. The first-order chi connectivity index (χ1) is 11.4. The molecule has 8 nitrogen and oxygen atoms in total. The Kier molecular flexibility index (Phi) is 5.08. The van der Waals surface area contributed by atoms with Gasteiger partial charge in [0.2, 0.25) is 5.71 Å². The van der Waals surface area contributed by atoms with Crippen LogP contribution in [0.15, 0.2) is 35.3 Å². The number of amides is 4. The number of hydrogen-bond acceptors (Lipinski definition) is 5. The minimum absolute atomic E-state index is 0.161. The number of imide groups is 1. The Hall–Kier alpha value is -3.03. The zero-order chi connectivity index (χ0) is 17.9. The number of hydrogen-bond donors (Lipinski definition) is 1. The highest BCUT2D eigenvalue weighted by molar-refractivity contribution is 6.67. The Balaban J connectivity index is 2.29. The molecule has 2 N–H and O–H groups in total. The van der Waals surface area contributed by atoms with Gasteiger partial charge in [-0.2, -0.15) is 14.5 Å². The molecule has 1 aromatic carbocycles. The van der Waals surface area contributed by atoms with Gasteiger partial charge in [0, 0.05) is 0 Å². The molecule has 4 amide bonds. The van der Waals surface area contributed by atoms with Gasteiger partial charge in [0.05, 0.1) is 14.1 Å². The van der Waals surface area contributed by atoms with Crippen LogP contribution in [0.2, 0.25) is 0 Å². The standard InChI is InChI=1S/C16H18N4O4/c1-4-11(24-10-8-6-5-7-9-10)14(21)18-12-13(17)19(2)16(23)20(3)15(12)22/h5-9,11,17H,4H2,1-3H3/p+1. The molecule has 0 bridgehead atoms. The second kappa shape index (κ2) is 7.03. The summed E-state index contributed by atoms with van der Waals surface area (Å²) in [4.78, 5) is 41.0.